The second kappa shape index (κ2) is 3.43. The molecular formula is C5H7NOS. The molecule has 2 nitrogen and oxygen atoms in total. The van der Waals surface area contributed by atoms with Crippen molar-refractivity contribution in [1.29, 1.82) is 0 Å². The first-order chi connectivity index (χ1) is 3.68. The van der Waals surface area contributed by atoms with Crippen molar-refractivity contribution in [3.05, 3.63) is 28.2 Å². The maximum atomic E-state index is 9.52. The van der Waals surface area contributed by atoms with E-state index in [0.29, 0.717) is 10.5 Å². The van der Waals surface area contributed by atoms with E-state index in [2.05, 4.69) is 24.4 Å². The Hall–Kier alpha value is -0.570. The Labute approximate surface area is 53.7 Å². The van der Waals surface area contributed by atoms with E-state index in [0.717, 1.165) is 0 Å². The van der Waals surface area contributed by atoms with E-state index in [9.17, 15) is 4.91 Å². The van der Waals surface area contributed by atoms with Gasteiger partial charge in [-0.25, -0.2) is 0 Å². The summed E-state index contributed by atoms with van der Waals surface area (Å²) in [5.74, 6) is 0. The summed E-state index contributed by atoms with van der Waals surface area (Å²) >= 11 is 3.87. The van der Waals surface area contributed by atoms with Gasteiger partial charge >= 0.3 is 0 Å². The van der Waals surface area contributed by atoms with Gasteiger partial charge in [-0.2, -0.15) is 0 Å². The van der Waals surface area contributed by atoms with Crippen molar-refractivity contribution in [3.63, 3.8) is 0 Å². The highest BCUT2D eigenvalue weighted by atomic mass is 32.1. The van der Waals surface area contributed by atoms with Crippen molar-refractivity contribution in [3.8, 4) is 0 Å². The highest BCUT2D eigenvalue weighted by Gasteiger charge is 1.86. The van der Waals surface area contributed by atoms with Crippen molar-refractivity contribution >= 4 is 12.6 Å². The molecule has 0 radical (unpaired) electrons. The Kier molecular flexibility index (Phi) is 3.19. The van der Waals surface area contributed by atoms with Crippen LogP contribution in [0.15, 0.2) is 28.4 Å². The molecule has 0 saturated heterocycles. The minimum absolute atomic E-state index is 0.574. The highest BCUT2D eigenvalue weighted by molar-refractivity contribution is 7.84. The van der Waals surface area contributed by atoms with Gasteiger partial charge in [0.1, 0.15) is 0 Å². The van der Waals surface area contributed by atoms with Crippen LogP contribution in [0.2, 0.25) is 0 Å². The first-order valence-corrected chi connectivity index (χ1v) is 2.50. The van der Waals surface area contributed by atoms with Crippen molar-refractivity contribution in [2.75, 3.05) is 0 Å². The van der Waals surface area contributed by atoms with Crippen LogP contribution in [0.3, 0.4) is 0 Å². The molecule has 8 heavy (non-hydrogen) atoms. The lowest BCUT2D eigenvalue weighted by Gasteiger charge is -1.89. The molecule has 3 heteroatoms. The minimum atomic E-state index is 0.574. The fraction of sp³-hybridized carbons (Fsp3) is 0.200. The van der Waals surface area contributed by atoms with Gasteiger partial charge < -0.3 is 0 Å². The fourth-order valence-corrected chi connectivity index (χ4v) is 0.211. The summed E-state index contributed by atoms with van der Waals surface area (Å²) in [4.78, 5) is 10.1. The maximum absolute atomic E-state index is 9.52. The van der Waals surface area contributed by atoms with Gasteiger partial charge in [0, 0.05) is 4.91 Å². The number of hydrogen-bond donors (Lipinski definition) is 1. The zero-order chi connectivity index (χ0) is 6.57. The Morgan fingerprint density at radius 1 is 1.88 bits per heavy atom. The monoisotopic (exact) mass is 129 g/mol. The summed E-state index contributed by atoms with van der Waals surface area (Å²) in [7, 11) is 0. The zero-order valence-corrected chi connectivity index (χ0v) is 5.48. The van der Waals surface area contributed by atoms with E-state index in [-0.39, 0.29) is 0 Å². The van der Waals surface area contributed by atoms with Crippen molar-refractivity contribution in [2.45, 2.75) is 6.92 Å². The molecular weight excluding hydrogens is 122 g/mol. The number of nitroso groups, excluding NO2 is 1. The fourth-order valence-electron chi connectivity index (χ4n) is 0.154. The van der Waals surface area contributed by atoms with E-state index in [1.165, 1.54) is 6.20 Å². The third kappa shape index (κ3) is 2.58. The predicted molar refractivity (Wildman–Crippen MR) is 37.7 cm³/mol. The predicted octanol–water partition coefficient (Wildman–Crippen LogP) is 2.10. The maximum Gasteiger partial charge on any atom is 0.0754 e. The molecule has 0 heterocycles. The molecule has 0 fully saturated rings. The van der Waals surface area contributed by atoms with Gasteiger partial charge in [-0.15, -0.1) is 17.5 Å². The Bertz CT molecular complexity index is 139. The minimum Gasteiger partial charge on any atom is -0.145 e. The summed E-state index contributed by atoms with van der Waals surface area (Å²) in [6.45, 7) is 5.19. The zero-order valence-electron chi connectivity index (χ0n) is 4.59. The molecule has 0 aliphatic rings. The van der Waals surface area contributed by atoms with Gasteiger partial charge in [0.05, 0.1) is 6.20 Å². The van der Waals surface area contributed by atoms with E-state index < -0.39 is 0 Å². The van der Waals surface area contributed by atoms with Crippen LogP contribution in [0, 0.1) is 4.91 Å². The summed E-state index contributed by atoms with van der Waals surface area (Å²) in [5.41, 5.74) is 0.698. The number of rotatable bonds is 2. The molecule has 0 aromatic carbocycles. The molecule has 0 atom stereocenters. The average Bonchev–Trinajstić information content (AvgIpc) is 1.67. The van der Waals surface area contributed by atoms with Gasteiger partial charge in [0.2, 0.25) is 0 Å². The SMILES string of the molecule is C=C(S)/C(C)=C\N=O. The Morgan fingerprint density at radius 3 is 2.50 bits per heavy atom. The number of thiol groups is 1. The van der Waals surface area contributed by atoms with Crippen LogP contribution < -0.4 is 0 Å². The first-order valence-electron chi connectivity index (χ1n) is 2.06. The lowest BCUT2D eigenvalue weighted by Crippen LogP contribution is -1.68. The normalized spacial score (nSPS) is 11.0. The van der Waals surface area contributed by atoms with Gasteiger partial charge in [-0.3, -0.25) is 0 Å². The van der Waals surface area contributed by atoms with Crippen molar-refractivity contribution in [2.24, 2.45) is 5.18 Å². The summed E-state index contributed by atoms with van der Waals surface area (Å²) in [5, 5.41) is 2.54. The molecule has 0 saturated carbocycles. The van der Waals surface area contributed by atoms with Gasteiger partial charge in [-0.1, -0.05) is 6.58 Å². The molecule has 0 aromatic heterocycles. The quantitative estimate of drug-likeness (QED) is 0.345. The number of nitrogens with zero attached hydrogens (tertiary/aromatic N) is 1. The smallest absolute Gasteiger partial charge is 0.0754 e. The third-order valence-electron chi connectivity index (χ3n) is 0.702. The molecule has 0 rings (SSSR count). The number of allylic oxidation sites excluding steroid dienone is 1. The van der Waals surface area contributed by atoms with Crippen molar-refractivity contribution < 1.29 is 0 Å². The molecule has 0 aliphatic heterocycles. The van der Waals surface area contributed by atoms with Crippen LogP contribution in [-0.2, 0) is 0 Å². The molecule has 0 aliphatic carbocycles. The molecule has 0 spiro atoms. The molecule has 0 unspecified atom stereocenters. The Balaban J connectivity index is 3.99. The van der Waals surface area contributed by atoms with Gasteiger partial charge in [0.25, 0.3) is 0 Å². The largest absolute Gasteiger partial charge is 0.145 e. The summed E-state index contributed by atoms with van der Waals surface area (Å²) in [6.07, 6.45) is 1.18. The van der Waals surface area contributed by atoms with Crippen LogP contribution in [0.1, 0.15) is 6.92 Å². The summed E-state index contributed by atoms with van der Waals surface area (Å²) < 4.78 is 0. The molecule has 0 amide bonds. The van der Waals surface area contributed by atoms with Crippen LogP contribution >= 0.6 is 12.6 Å². The van der Waals surface area contributed by atoms with Crippen LogP contribution in [-0.4, -0.2) is 0 Å². The first kappa shape index (κ1) is 7.43. The lowest BCUT2D eigenvalue weighted by molar-refractivity contribution is 1.40. The molecule has 44 valence electrons. The van der Waals surface area contributed by atoms with E-state index in [1.54, 1.807) is 6.92 Å². The Morgan fingerprint density at radius 2 is 2.38 bits per heavy atom. The van der Waals surface area contributed by atoms with Crippen LogP contribution in [0.5, 0.6) is 0 Å². The molecule has 0 bridgehead atoms. The van der Waals surface area contributed by atoms with Crippen molar-refractivity contribution in [1.82, 2.24) is 0 Å². The summed E-state index contributed by atoms with van der Waals surface area (Å²) in [6, 6.07) is 0. The van der Waals surface area contributed by atoms with Crippen LogP contribution in [0.4, 0.5) is 0 Å². The lowest BCUT2D eigenvalue weighted by atomic mass is 10.3. The van der Waals surface area contributed by atoms with E-state index in [4.69, 9.17) is 0 Å². The average molecular weight is 129 g/mol. The van der Waals surface area contributed by atoms with Gasteiger partial charge in [-0.05, 0) is 17.7 Å². The van der Waals surface area contributed by atoms with E-state index >= 15 is 0 Å². The second-order valence-electron chi connectivity index (χ2n) is 1.36. The molecule has 0 aromatic rings. The standard InChI is InChI=1S/C5H7NOS/c1-4(3-6-7)5(2)8/h3,8H,2H2,1H3/b4-3-. The van der Waals surface area contributed by atoms with Gasteiger partial charge in [0.15, 0.2) is 0 Å². The topological polar surface area (TPSA) is 29.4 Å². The van der Waals surface area contributed by atoms with E-state index in [1.807, 2.05) is 0 Å². The van der Waals surface area contributed by atoms with Crippen LogP contribution in [0.25, 0.3) is 0 Å². The third-order valence-corrected chi connectivity index (χ3v) is 1.05. The highest BCUT2D eigenvalue weighted by Crippen LogP contribution is 2.08. The second-order valence-corrected chi connectivity index (χ2v) is 1.90. The molecule has 0 N–H and O–H groups in total. The number of hydrogen-bond acceptors (Lipinski definition) is 3.